The van der Waals surface area contributed by atoms with E-state index in [0.717, 1.165) is 18.7 Å². The number of nitro benzene ring substituents is 1. The summed E-state index contributed by atoms with van der Waals surface area (Å²) in [6.07, 6.45) is 2.01. The SMILES string of the molecule is COCCNCC(=Cc1cccc([N+](=O)[O-])c1)C(C)C. The standard InChI is InChI=1S/C15H22N2O3/c1-12(2)14(11-16-7-8-20-3)9-13-5-4-6-15(10-13)17(18)19/h4-6,9-10,12,16H,7-8,11H2,1-3H3. The number of hydrogen-bond acceptors (Lipinski definition) is 4. The summed E-state index contributed by atoms with van der Waals surface area (Å²) >= 11 is 0. The molecule has 0 aliphatic carbocycles. The van der Waals surface area contributed by atoms with Crippen molar-refractivity contribution in [1.82, 2.24) is 5.32 Å². The minimum Gasteiger partial charge on any atom is -0.383 e. The van der Waals surface area contributed by atoms with Gasteiger partial charge in [-0.25, -0.2) is 0 Å². The first-order valence-corrected chi connectivity index (χ1v) is 6.69. The Morgan fingerprint density at radius 1 is 1.50 bits per heavy atom. The van der Waals surface area contributed by atoms with Gasteiger partial charge in [0.05, 0.1) is 11.5 Å². The summed E-state index contributed by atoms with van der Waals surface area (Å²) in [5.41, 5.74) is 2.19. The van der Waals surface area contributed by atoms with E-state index in [1.807, 2.05) is 12.1 Å². The molecule has 0 aliphatic heterocycles. The van der Waals surface area contributed by atoms with Crippen molar-refractivity contribution in [3.8, 4) is 0 Å². The third-order valence-corrected chi connectivity index (χ3v) is 2.99. The van der Waals surface area contributed by atoms with Crippen LogP contribution in [0.3, 0.4) is 0 Å². The molecule has 1 N–H and O–H groups in total. The highest BCUT2D eigenvalue weighted by molar-refractivity contribution is 5.56. The van der Waals surface area contributed by atoms with Crippen LogP contribution in [0.4, 0.5) is 5.69 Å². The van der Waals surface area contributed by atoms with Crippen LogP contribution in [-0.4, -0.2) is 31.7 Å². The van der Waals surface area contributed by atoms with Crippen molar-refractivity contribution in [2.45, 2.75) is 13.8 Å². The van der Waals surface area contributed by atoms with E-state index in [-0.39, 0.29) is 10.6 Å². The molecule has 0 atom stereocenters. The number of methoxy groups -OCH3 is 1. The Labute approximate surface area is 119 Å². The summed E-state index contributed by atoms with van der Waals surface area (Å²) < 4.78 is 4.99. The first-order valence-electron chi connectivity index (χ1n) is 6.69. The molecule has 0 radical (unpaired) electrons. The van der Waals surface area contributed by atoms with Crippen molar-refractivity contribution < 1.29 is 9.66 Å². The lowest BCUT2D eigenvalue weighted by Gasteiger charge is -2.13. The van der Waals surface area contributed by atoms with Gasteiger partial charge in [0.25, 0.3) is 5.69 Å². The molecule has 0 amide bonds. The third-order valence-electron chi connectivity index (χ3n) is 2.99. The highest BCUT2D eigenvalue weighted by Gasteiger charge is 2.07. The van der Waals surface area contributed by atoms with E-state index in [1.165, 1.54) is 11.6 Å². The zero-order chi connectivity index (χ0) is 15.0. The molecule has 0 fully saturated rings. The summed E-state index contributed by atoms with van der Waals surface area (Å²) in [6.45, 7) is 6.43. The van der Waals surface area contributed by atoms with Gasteiger partial charge in [-0.15, -0.1) is 0 Å². The highest BCUT2D eigenvalue weighted by Crippen LogP contribution is 2.18. The van der Waals surface area contributed by atoms with E-state index in [1.54, 1.807) is 19.2 Å². The fourth-order valence-corrected chi connectivity index (χ4v) is 1.77. The van der Waals surface area contributed by atoms with Crippen LogP contribution in [0.2, 0.25) is 0 Å². The monoisotopic (exact) mass is 278 g/mol. The molecule has 0 saturated carbocycles. The molecule has 1 aromatic rings. The molecule has 5 heteroatoms. The maximum atomic E-state index is 10.8. The Morgan fingerprint density at radius 3 is 2.85 bits per heavy atom. The van der Waals surface area contributed by atoms with Gasteiger partial charge in [-0.2, -0.15) is 0 Å². The molecule has 0 heterocycles. The summed E-state index contributed by atoms with van der Waals surface area (Å²) in [4.78, 5) is 10.4. The maximum Gasteiger partial charge on any atom is 0.270 e. The summed E-state index contributed by atoms with van der Waals surface area (Å²) in [7, 11) is 1.67. The van der Waals surface area contributed by atoms with E-state index >= 15 is 0 Å². The predicted molar refractivity (Wildman–Crippen MR) is 80.7 cm³/mol. The smallest absolute Gasteiger partial charge is 0.270 e. The van der Waals surface area contributed by atoms with Crippen LogP contribution in [0.15, 0.2) is 29.8 Å². The number of ether oxygens (including phenoxy) is 1. The lowest BCUT2D eigenvalue weighted by Crippen LogP contribution is -2.23. The second-order valence-electron chi connectivity index (χ2n) is 4.90. The molecule has 0 spiro atoms. The zero-order valence-corrected chi connectivity index (χ0v) is 12.3. The van der Waals surface area contributed by atoms with Crippen LogP contribution in [0.1, 0.15) is 19.4 Å². The Bertz CT molecular complexity index is 470. The third kappa shape index (κ3) is 5.50. The van der Waals surface area contributed by atoms with Crippen molar-refractivity contribution in [1.29, 1.82) is 0 Å². The van der Waals surface area contributed by atoms with Crippen LogP contribution in [0.25, 0.3) is 6.08 Å². The fourth-order valence-electron chi connectivity index (χ4n) is 1.77. The van der Waals surface area contributed by atoms with Gasteiger partial charge in [-0.3, -0.25) is 10.1 Å². The average molecular weight is 278 g/mol. The second-order valence-corrected chi connectivity index (χ2v) is 4.90. The molecule has 5 nitrogen and oxygen atoms in total. The zero-order valence-electron chi connectivity index (χ0n) is 12.3. The van der Waals surface area contributed by atoms with Gasteiger partial charge >= 0.3 is 0 Å². The molecule has 0 aromatic heterocycles. The number of nitrogens with one attached hydrogen (secondary N) is 1. The molecule has 1 rings (SSSR count). The van der Waals surface area contributed by atoms with E-state index in [4.69, 9.17) is 4.74 Å². The molecule has 0 saturated heterocycles. The van der Waals surface area contributed by atoms with Crippen molar-refractivity contribution in [3.05, 3.63) is 45.5 Å². The molecular formula is C15H22N2O3. The van der Waals surface area contributed by atoms with E-state index in [2.05, 4.69) is 19.2 Å². The minimum atomic E-state index is -0.372. The Morgan fingerprint density at radius 2 is 2.25 bits per heavy atom. The van der Waals surface area contributed by atoms with Crippen molar-refractivity contribution in [2.24, 2.45) is 5.92 Å². The molecular weight excluding hydrogens is 256 g/mol. The van der Waals surface area contributed by atoms with Crippen LogP contribution in [0.5, 0.6) is 0 Å². The number of hydrogen-bond donors (Lipinski definition) is 1. The van der Waals surface area contributed by atoms with Gasteiger partial charge in [0.15, 0.2) is 0 Å². The summed E-state index contributed by atoms with van der Waals surface area (Å²) in [5, 5.41) is 14.1. The first kappa shape index (κ1) is 16.3. The van der Waals surface area contributed by atoms with Crippen LogP contribution in [0, 0.1) is 16.0 Å². The number of rotatable bonds is 8. The Kier molecular flexibility index (Phi) is 6.90. The lowest BCUT2D eigenvalue weighted by atomic mass is 10.00. The number of nitro groups is 1. The van der Waals surface area contributed by atoms with Gasteiger partial charge in [-0.1, -0.05) is 37.6 Å². The van der Waals surface area contributed by atoms with Gasteiger partial charge in [-0.05, 0) is 11.5 Å². The van der Waals surface area contributed by atoms with Crippen molar-refractivity contribution in [3.63, 3.8) is 0 Å². The van der Waals surface area contributed by atoms with Crippen molar-refractivity contribution in [2.75, 3.05) is 26.8 Å². The number of benzene rings is 1. The van der Waals surface area contributed by atoms with Gasteiger partial charge < -0.3 is 10.1 Å². The van der Waals surface area contributed by atoms with E-state index < -0.39 is 0 Å². The molecule has 0 bridgehead atoms. The molecule has 0 unspecified atom stereocenters. The first-order chi connectivity index (χ1) is 9.54. The average Bonchev–Trinajstić information content (AvgIpc) is 2.42. The minimum absolute atomic E-state index is 0.120. The molecule has 1 aromatic carbocycles. The Hall–Kier alpha value is -1.72. The maximum absolute atomic E-state index is 10.8. The molecule has 0 aliphatic rings. The number of non-ortho nitro benzene ring substituents is 1. The number of nitrogens with zero attached hydrogens (tertiary/aromatic N) is 1. The van der Waals surface area contributed by atoms with Gasteiger partial charge in [0.1, 0.15) is 0 Å². The highest BCUT2D eigenvalue weighted by atomic mass is 16.6. The molecule has 20 heavy (non-hydrogen) atoms. The largest absolute Gasteiger partial charge is 0.383 e. The van der Waals surface area contributed by atoms with Crippen molar-refractivity contribution >= 4 is 11.8 Å². The predicted octanol–water partition coefficient (Wildman–Crippen LogP) is 2.87. The topological polar surface area (TPSA) is 64.4 Å². The van der Waals surface area contributed by atoms with E-state index in [0.29, 0.717) is 12.5 Å². The van der Waals surface area contributed by atoms with E-state index in [9.17, 15) is 10.1 Å². The second kappa shape index (κ2) is 8.45. The lowest BCUT2D eigenvalue weighted by molar-refractivity contribution is -0.384. The van der Waals surface area contributed by atoms with Crippen LogP contribution >= 0.6 is 0 Å². The Balaban J connectivity index is 2.79. The molecule has 110 valence electrons. The normalized spacial score (nSPS) is 11.9. The fraction of sp³-hybridized carbons (Fsp3) is 0.467. The summed E-state index contributed by atoms with van der Waals surface area (Å²) in [5.74, 6) is 0.379. The van der Waals surface area contributed by atoms with Crippen LogP contribution < -0.4 is 5.32 Å². The van der Waals surface area contributed by atoms with Gasteiger partial charge in [0, 0.05) is 32.3 Å². The van der Waals surface area contributed by atoms with Crippen LogP contribution in [-0.2, 0) is 4.74 Å². The van der Waals surface area contributed by atoms with Gasteiger partial charge in [0.2, 0.25) is 0 Å². The summed E-state index contributed by atoms with van der Waals surface area (Å²) in [6, 6.07) is 6.69. The quantitative estimate of drug-likeness (QED) is 0.451.